The predicted molar refractivity (Wildman–Crippen MR) is 63.2 cm³/mol. The Morgan fingerprint density at radius 3 is 2.78 bits per heavy atom. The molecule has 100 valence electrons. The number of aliphatic hydroxyl groups excluding tert-OH is 1. The van der Waals surface area contributed by atoms with Gasteiger partial charge in [-0.25, -0.2) is 8.78 Å². The second-order valence-corrected chi connectivity index (χ2v) is 4.48. The molecular formula is C13H17F2NO2. The van der Waals surface area contributed by atoms with Crippen molar-refractivity contribution in [1.29, 1.82) is 0 Å². The summed E-state index contributed by atoms with van der Waals surface area (Å²) in [6.45, 7) is 1.61. The van der Waals surface area contributed by atoms with Gasteiger partial charge >= 0.3 is 0 Å². The zero-order chi connectivity index (χ0) is 13.0. The molecule has 0 aromatic heterocycles. The Morgan fingerprint density at radius 1 is 1.33 bits per heavy atom. The third-order valence-electron chi connectivity index (χ3n) is 3.14. The molecule has 1 fully saturated rings. The van der Waals surface area contributed by atoms with E-state index in [1.165, 1.54) is 0 Å². The minimum atomic E-state index is -1.04. The van der Waals surface area contributed by atoms with E-state index in [0.717, 1.165) is 31.0 Å². The van der Waals surface area contributed by atoms with Crippen molar-refractivity contribution in [3.8, 4) is 0 Å². The first-order valence-corrected chi connectivity index (χ1v) is 6.11. The SMILES string of the molecule is OC(CNC1CCOCC1)c1cc(F)ccc1F. The highest BCUT2D eigenvalue weighted by atomic mass is 19.1. The number of hydrogen-bond donors (Lipinski definition) is 2. The average Bonchev–Trinajstić information content (AvgIpc) is 2.40. The molecule has 1 saturated heterocycles. The van der Waals surface area contributed by atoms with E-state index >= 15 is 0 Å². The number of benzene rings is 1. The van der Waals surface area contributed by atoms with Crippen molar-refractivity contribution in [3.05, 3.63) is 35.4 Å². The van der Waals surface area contributed by atoms with E-state index in [9.17, 15) is 13.9 Å². The Balaban J connectivity index is 1.90. The zero-order valence-corrected chi connectivity index (χ0v) is 10.0. The van der Waals surface area contributed by atoms with Crippen molar-refractivity contribution in [2.24, 2.45) is 0 Å². The average molecular weight is 257 g/mol. The van der Waals surface area contributed by atoms with Crippen molar-refractivity contribution < 1.29 is 18.6 Å². The maximum absolute atomic E-state index is 13.4. The molecule has 0 bridgehead atoms. The van der Waals surface area contributed by atoms with E-state index < -0.39 is 17.7 Å². The Kier molecular flexibility index (Phi) is 4.63. The lowest BCUT2D eigenvalue weighted by Crippen LogP contribution is -2.37. The number of ether oxygens (including phenoxy) is 1. The molecule has 0 radical (unpaired) electrons. The van der Waals surface area contributed by atoms with Gasteiger partial charge in [-0.2, -0.15) is 0 Å². The molecule has 2 rings (SSSR count). The summed E-state index contributed by atoms with van der Waals surface area (Å²) in [4.78, 5) is 0. The van der Waals surface area contributed by atoms with Crippen LogP contribution in [0.2, 0.25) is 0 Å². The first kappa shape index (κ1) is 13.4. The molecule has 1 heterocycles. The monoisotopic (exact) mass is 257 g/mol. The van der Waals surface area contributed by atoms with Gasteiger partial charge in [-0.3, -0.25) is 0 Å². The van der Waals surface area contributed by atoms with Crippen LogP contribution in [0, 0.1) is 11.6 Å². The second-order valence-electron chi connectivity index (χ2n) is 4.48. The fourth-order valence-corrected chi connectivity index (χ4v) is 2.06. The van der Waals surface area contributed by atoms with Gasteiger partial charge in [0.05, 0.1) is 6.10 Å². The van der Waals surface area contributed by atoms with Gasteiger partial charge in [0.15, 0.2) is 0 Å². The summed E-state index contributed by atoms with van der Waals surface area (Å²) in [6.07, 6.45) is 0.708. The summed E-state index contributed by atoms with van der Waals surface area (Å²) in [5, 5.41) is 13.0. The standard InChI is InChI=1S/C13H17F2NO2/c14-9-1-2-12(15)11(7-9)13(17)8-16-10-3-5-18-6-4-10/h1-2,7,10,13,16-17H,3-6,8H2. The summed E-state index contributed by atoms with van der Waals surface area (Å²) in [5.74, 6) is -1.13. The molecule has 1 aromatic rings. The molecule has 1 aromatic carbocycles. The van der Waals surface area contributed by atoms with Gasteiger partial charge in [0.25, 0.3) is 0 Å². The summed E-state index contributed by atoms with van der Waals surface area (Å²) in [6, 6.07) is 3.37. The van der Waals surface area contributed by atoms with Crippen LogP contribution in [-0.2, 0) is 4.74 Å². The lowest BCUT2D eigenvalue weighted by molar-refractivity contribution is 0.0721. The predicted octanol–water partition coefficient (Wildman–Crippen LogP) is 1.77. The van der Waals surface area contributed by atoms with Gasteiger partial charge in [-0.15, -0.1) is 0 Å². The summed E-state index contributed by atoms with van der Waals surface area (Å²) >= 11 is 0. The minimum Gasteiger partial charge on any atom is -0.387 e. The molecule has 0 aliphatic carbocycles. The number of rotatable bonds is 4. The molecule has 2 N–H and O–H groups in total. The van der Waals surface area contributed by atoms with Gasteiger partial charge < -0.3 is 15.2 Å². The molecule has 1 aliphatic rings. The van der Waals surface area contributed by atoms with Crippen LogP contribution in [0.4, 0.5) is 8.78 Å². The van der Waals surface area contributed by atoms with Crippen LogP contribution >= 0.6 is 0 Å². The summed E-state index contributed by atoms with van der Waals surface area (Å²) in [7, 11) is 0. The van der Waals surface area contributed by atoms with E-state index in [2.05, 4.69) is 5.32 Å². The lowest BCUT2D eigenvalue weighted by atomic mass is 10.1. The first-order valence-electron chi connectivity index (χ1n) is 6.11. The van der Waals surface area contributed by atoms with E-state index in [-0.39, 0.29) is 18.2 Å². The molecule has 1 aliphatic heterocycles. The summed E-state index contributed by atoms with van der Waals surface area (Å²) < 4.78 is 31.6. The van der Waals surface area contributed by atoms with Crippen molar-refractivity contribution in [2.45, 2.75) is 25.0 Å². The molecule has 0 spiro atoms. The zero-order valence-electron chi connectivity index (χ0n) is 10.0. The Labute approximate surface area is 105 Å². The van der Waals surface area contributed by atoms with Crippen molar-refractivity contribution in [1.82, 2.24) is 5.32 Å². The smallest absolute Gasteiger partial charge is 0.129 e. The molecule has 1 atom stereocenters. The van der Waals surface area contributed by atoms with Crippen molar-refractivity contribution in [2.75, 3.05) is 19.8 Å². The number of aliphatic hydroxyl groups is 1. The van der Waals surface area contributed by atoms with Crippen molar-refractivity contribution >= 4 is 0 Å². The third-order valence-corrected chi connectivity index (χ3v) is 3.14. The minimum absolute atomic E-state index is 0.00504. The highest BCUT2D eigenvalue weighted by Gasteiger charge is 2.17. The largest absolute Gasteiger partial charge is 0.387 e. The fourth-order valence-electron chi connectivity index (χ4n) is 2.06. The van der Waals surface area contributed by atoms with Crippen LogP contribution in [0.25, 0.3) is 0 Å². The first-order chi connectivity index (χ1) is 8.66. The highest BCUT2D eigenvalue weighted by molar-refractivity contribution is 5.21. The molecule has 3 nitrogen and oxygen atoms in total. The van der Waals surface area contributed by atoms with E-state index in [1.54, 1.807) is 0 Å². The van der Waals surface area contributed by atoms with Crippen LogP contribution in [0.3, 0.4) is 0 Å². The lowest BCUT2D eigenvalue weighted by Gasteiger charge is -2.24. The van der Waals surface area contributed by atoms with Crippen LogP contribution in [0.15, 0.2) is 18.2 Å². The topological polar surface area (TPSA) is 41.5 Å². The molecular weight excluding hydrogens is 240 g/mol. The second kappa shape index (κ2) is 6.22. The Hall–Kier alpha value is -1.04. The number of nitrogens with one attached hydrogen (secondary N) is 1. The highest BCUT2D eigenvalue weighted by Crippen LogP contribution is 2.18. The van der Waals surface area contributed by atoms with Crippen LogP contribution < -0.4 is 5.32 Å². The normalized spacial score (nSPS) is 18.8. The third kappa shape index (κ3) is 3.48. The van der Waals surface area contributed by atoms with Gasteiger partial charge in [-0.05, 0) is 31.0 Å². The molecule has 5 heteroatoms. The molecule has 18 heavy (non-hydrogen) atoms. The van der Waals surface area contributed by atoms with Crippen LogP contribution in [0.5, 0.6) is 0 Å². The van der Waals surface area contributed by atoms with Gasteiger partial charge in [0.2, 0.25) is 0 Å². The van der Waals surface area contributed by atoms with Crippen LogP contribution in [-0.4, -0.2) is 30.9 Å². The van der Waals surface area contributed by atoms with Crippen LogP contribution in [0.1, 0.15) is 24.5 Å². The summed E-state index contributed by atoms with van der Waals surface area (Å²) in [5.41, 5.74) is -0.00504. The van der Waals surface area contributed by atoms with Gasteiger partial charge in [-0.1, -0.05) is 0 Å². The molecule has 1 unspecified atom stereocenters. The Morgan fingerprint density at radius 2 is 2.06 bits per heavy atom. The quantitative estimate of drug-likeness (QED) is 0.863. The van der Waals surface area contributed by atoms with Gasteiger partial charge in [0.1, 0.15) is 11.6 Å². The van der Waals surface area contributed by atoms with Gasteiger partial charge in [0, 0.05) is 31.4 Å². The van der Waals surface area contributed by atoms with E-state index in [4.69, 9.17) is 4.74 Å². The van der Waals surface area contributed by atoms with E-state index in [1.807, 2.05) is 0 Å². The number of halogens is 2. The molecule has 0 amide bonds. The maximum Gasteiger partial charge on any atom is 0.129 e. The maximum atomic E-state index is 13.4. The number of hydrogen-bond acceptors (Lipinski definition) is 3. The van der Waals surface area contributed by atoms with Crippen molar-refractivity contribution in [3.63, 3.8) is 0 Å². The Bertz CT molecular complexity index is 395. The molecule has 0 saturated carbocycles. The fraction of sp³-hybridized carbons (Fsp3) is 0.538. The van der Waals surface area contributed by atoms with E-state index in [0.29, 0.717) is 13.2 Å².